The van der Waals surface area contributed by atoms with E-state index in [0.717, 1.165) is 25.7 Å². The van der Waals surface area contributed by atoms with Gasteiger partial charge in [-0.15, -0.1) is 0 Å². The number of imide groups is 2. The fraction of sp³-hybridized carbons (Fsp3) is 0.267. The number of unbranched alkanes of at least 4 members (excludes halogenated alkanes) is 2. The molecule has 0 N–H and O–H groups in total. The molecule has 0 fully saturated rings. The van der Waals surface area contributed by atoms with E-state index in [-0.39, 0.29) is 23.6 Å². The van der Waals surface area contributed by atoms with Gasteiger partial charge in [-0.05, 0) is 73.5 Å². The molecule has 0 aromatic heterocycles. The number of amides is 4. The van der Waals surface area contributed by atoms with Crippen LogP contribution in [0.4, 0.5) is 0 Å². The molecular formula is C30H28N2O6. The standard InChI is InChI=1S/C30H28N2O6/c1-3-5-15-31-27(33)23-13-11-21(17-25(23)29(31)35)37-19-7-9-20(10-8-19)38-22-12-14-24-26(18-22)30(36)32(28(24)34)16-6-4-2/h7-14,17-18H,3-6,15-16H2,1-2H3. The zero-order valence-electron chi connectivity index (χ0n) is 21.4. The van der Waals surface area contributed by atoms with Gasteiger partial charge in [0.15, 0.2) is 0 Å². The molecule has 8 nitrogen and oxygen atoms in total. The van der Waals surface area contributed by atoms with Gasteiger partial charge < -0.3 is 9.47 Å². The summed E-state index contributed by atoms with van der Waals surface area (Å²) in [5, 5.41) is 0. The Morgan fingerprint density at radius 3 is 1.21 bits per heavy atom. The van der Waals surface area contributed by atoms with Crippen LogP contribution in [0, 0.1) is 0 Å². The second kappa shape index (κ2) is 10.5. The summed E-state index contributed by atoms with van der Waals surface area (Å²) < 4.78 is 11.8. The third-order valence-electron chi connectivity index (χ3n) is 6.65. The van der Waals surface area contributed by atoms with Crippen molar-refractivity contribution in [3.05, 3.63) is 82.9 Å². The Morgan fingerprint density at radius 2 is 0.842 bits per heavy atom. The maximum Gasteiger partial charge on any atom is 0.261 e. The van der Waals surface area contributed by atoms with Crippen molar-refractivity contribution in [2.24, 2.45) is 0 Å². The van der Waals surface area contributed by atoms with Crippen LogP contribution in [0.3, 0.4) is 0 Å². The van der Waals surface area contributed by atoms with Crippen LogP contribution < -0.4 is 9.47 Å². The van der Waals surface area contributed by atoms with Crippen molar-refractivity contribution in [2.45, 2.75) is 39.5 Å². The molecule has 0 radical (unpaired) electrons. The minimum absolute atomic E-state index is 0.266. The van der Waals surface area contributed by atoms with Crippen LogP contribution in [0.1, 0.15) is 81.0 Å². The Hall–Kier alpha value is -4.46. The summed E-state index contributed by atoms with van der Waals surface area (Å²) in [5.74, 6) is 0.828. The van der Waals surface area contributed by atoms with Crippen LogP contribution in [-0.4, -0.2) is 46.5 Å². The highest BCUT2D eigenvalue weighted by molar-refractivity contribution is 6.22. The van der Waals surface area contributed by atoms with E-state index in [1.54, 1.807) is 60.7 Å². The number of carbonyl (C=O) groups is 4. The number of fused-ring (bicyclic) bond motifs is 2. The first-order chi connectivity index (χ1) is 18.4. The number of hydrogen-bond acceptors (Lipinski definition) is 6. The largest absolute Gasteiger partial charge is 0.457 e. The van der Waals surface area contributed by atoms with Gasteiger partial charge in [0.1, 0.15) is 23.0 Å². The fourth-order valence-corrected chi connectivity index (χ4v) is 4.55. The van der Waals surface area contributed by atoms with Crippen molar-refractivity contribution in [1.82, 2.24) is 9.80 Å². The van der Waals surface area contributed by atoms with Crippen molar-refractivity contribution < 1.29 is 28.7 Å². The average Bonchev–Trinajstić information content (AvgIpc) is 3.30. The number of hydrogen-bond donors (Lipinski definition) is 0. The Labute approximate surface area is 220 Å². The van der Waals surface area contributed by atoms with E-state index < -0.39 is 0 Å². The molecule has 0 spiro atoms. The summed E-state index contributed by atoms with van der Waals surface area (Å²) in [7, 11) is 0. The molecule has 2 aliphatic rings. The lowest BCUT2D eigenvalue weighted by Crippen LogP contribution is -2.30. The van der Waals surface area contributed by atoms with E-state index in [0.29, 0.717) is 58.3 Å². The summed E-state index contributed by atoms with van der Waals surface area (Å²) in [5.41, 5.74) is 1.48. The molecule has 2 aliphatic heterocycles. The predicted octanol–water partition coefficient (Wildman–Crippen LogP) is 6.06. The summed E-state index contributed by atoms with van der Waals surface area (Å²) in [4.78, 5) is 53.0. The van der Waals surface area contributed by atoms with Gasteiger partial charge in [0, 0.05) is 13.1 Å². The van der Waals surface area contributed by atoms with Gasteiger partial charge in [-0.1, -0.05) is 26.7 Å². The molecule has 38 heavy (non-hydrogen) atoms. The first-order valence-electron chi connectivity index (χ1n) is 12.9. The molecule has 0 saturated carbocycles. The summed E-state index contributed by atoms with van der Waals surface area (Å²) in [6.07, 6.45) is 3.31. The lowest BCUT2D eigenvalue weighted by atomic mass is 10.1. The summed E-state index contributed by atoms with van der Waals surface area (Å²) >= 11 is 0. The maximum atomic E-state index is 12.7. The van der Waals surface area contributed by atoms with Crippen molar-refractivity contribution in [2.75, 3.05) is 13.1 Å². The van der Waals surface area contributed by atoms with Gasteiger partial charge in [-0.25, -0.2) is 0 Å². The zero-order chi connectivity index (χ0) is 26.8. The Bertz CT molecular complexity index is 1320. The molecule has 0 atom stereocenters. The van der Waals surface area contributed by atoms with Gasteiger partial charge >= 0.3 is 0 Å². The Kier molecular flexibility index (Phi) is 6.96. The van der Waals surface area contributed by atoms with Crippen LogP contribution in [0.5, 0.6) is 23.0 Å². The van der Waals surface area contributed by atoms with Gasteiger partial charge in [-0.3, -0.25) is 29.0 Å². The molecule has 3 aromatic carbocycles. The number of carbonyl (C=O) groups excluding carboxylic acids is 4. The summed E-state index contributed by atoms with van der Waals surface area (Å²) in [6.45, 7) is 4.84. The zero-order valence-corrected chi connectivity index (χ0v) is 21.4. The molecule has 2 heterocycles. The van der Waals surface area contributed by atoms with Crippen molar-refractivity contribution >= 4 is 23.6 Å². The van der Waals surface area contributed by atoms with Crippen LogP contribution in [0.2, 0.25) is 0 Å². The first kappa shape index (κ1) is 25.2. The van der Waals surface area contributed by atoms with Crippen molar-refractivity contribution in [3.8, 4) is 23.0 Å². The normalized spacial score (nSPS) is 14.3. The molecule has 8 heteroatoms. The smallest absolute Gasteiger partial charge is 0.261 e. The van der Waals surface area contributed by atoms with Gasteiger partial charge in [0.25, 0.3) is 23.6 Å². The molecule has 194 valence electrons. The highest BCUT2D eigenvalue weighted by atomic mass is 16.5. The SMILES string of the molecule is CCCCN1C(=O)c2ccc(Oc3ccc(Oc4ccc5c(c4)C(=O)N(CCCC)C5=O)cc3)cc2C1=O. The molecule has 5 rings (SSSR count). The van der Waals surface area contributed by atoms with Crippen LogP contribution in [0.25, 0.3) is 0 Å². The van der Waals surface area contributed by atoms with E-state index >= 15 is 0 Å². The maximum absolute atomic E-state index is 12.7. The second-order valence-corrected chi connectivity index (χ2v) is 9.32. The fourth-order valence-electron chi connectivity index (χ4n) is 4.55. The molecule has 4 amide bonds. The van der Waals surface area contributed by atoms with Crippen molar-refractivity contribution in [1.29, 1.82) is 0 Å². The molecular weight excluding hydrogens is 484 g/mol. The minimum atomic E-state index is -0.296. The van der Waals surface area contributed by atoms with Crippen molar-refractivity contribution in [3.63, 3.8) is 0 Å². The molecule has 0 saturated heterocycles. The Morgan fingerprint density at radius 1 is 0.500 bits per heavy atom. The third kappa shape index (κ3) is 4.65. The van der Waals surface area contributed by atoms with Gasteiger partial charge in [0.05, 0.1) is 22.3 Å². The van der Waals surface area contributed by atoms with E-state index in [1.807, 2.05) is 13.8 Å². The molecule has 3 aromatic rings. The van der Waals surface area contributed by atoms with E-state index in [9.17, 15) is 19.2 Å². The quantitative estimate of drug-likeness (QED) is 0.307. The molecule has 0 aliphatic carbocycles. The van der Waals surface area contributed by atoms with Crippen LogP contribution in [-0.2, 0) is 0 Å². The third-order valence-corrected chi connectivity index (χ3v) is 6.65. The summed E-state index contributed by atoms with van der Waals surface area (Å²) in [6, 6.07) is 16.7. The van der Waals surface area contributed by atoms with E-state index in [2.05, 4.69) is 0 Å². The second-order valence-electron chi connectivity index (χ2n) is 9.32. The number of rotatable bonds is 10. The Balaban J connectivity index is 1.25. The van der Waals surface area contributed by atoms with Crippen LogP contribution in [0.15, 0.2) is 60.7 Å². The van der Waals surface area contributed by atoms with Gasteiger partial charge in [0.2, 0.25) is 0 Å². The molecule has 0 bridgehead atoms. The highest BCUT2D eigenvalue weighted by Crippen LogP contribution is 2.33. The topological polar surface area (TPSA) is 93.2 Å². The number of ether oxygens (including phenoxy) is 2. The average molecular weight is 513 g/mol. The van der Waals surface area contributed by atoms with Crippen LogP contribution >= 0.6 is 0 Å². The number of benzene rings is 3. The lowest BCUT2D eigenvalue weighted by molar-refractivity contribution is 0.0636. The van der Waals surface area contributed by atoms with Gasteiger partial charge in [-0.2, -0.15) is 0 Å². The monoisotopic (exact) mass is 512 g/mol. The molecule has 0 unspecified atom stereocenters. The first-order valence-corrected chi connectivity index (χ1v) is 12.9. The minimum Gasteiger partial charge on any atom is -0.457 e. The van der Waals surface area contributed by atoms with E-state index in [4.69, 9.17) is 9.47 Å². The predicted molar refractivity (Wildman–Crippen MR) is 140 cm³/mol. The lowest BCUT2D eigenvalue weighted by Gasteiger charge is -2.12. The highest BCUT2D eigenvalue weighted by Gasteiger charge is 2.36. The van der Waals surface area contributed by atoms with E-state index in [1.165, 1.54) is 9.80 Å². The number of nitrogens with zero attached hydrogens (tertiary/aromatic N) is 2.